The number of amides is 1. The van der Waals surface area contributed by atoms with Crippen LogP contribution in [0.5, 0.6) is 0 Å². The first-order valence-electron chi connectivity index (χ1n) is 11.3. The number of carbonyl (C=O) groups is 1. The van der Waals surface area contributed by atoms with Gasteiger partial charge in [0.2, 0.25) is 15.9 Å². The van der Waals surface area contributed by atoms with Crippen molar-refractivity contribution >= 4 is 15.9 Å². The molecule has 1 aliphatic rings. The van der Waals surface area contributed by atoms with Gasteiger partial charge >= 0.3 is 0 Å². The van der Waals surface area contributed by atoms with E-state index in [1.54, 1.807) is 43.6 Å². The van der Waals surface area contributed by atoms with E-state index in [4.69, 9.17) is 0 Å². The lowest BCUT2D eigenvalue weighted by Crippen LogP contribution is -2.44. The molecular weight excluding hydrogens is 455 g/mol. The van der Waals surface area contributed by atoms with Crippen LogP contribution in [0.15, 0.2) is 59.8 Å². The van der Waals surface area contributed by atoms with Gasteiger partial charge in [-0.25, -0.2) is 17.8 Å². The van der Waals surface area contributed by atoms with Crippen molar-refractivity contribution in [3.63, 3.8) is 0 Å². The van der Waals surface area contributed by atoms with Crippen LogP contribution in [0.1, 0.15) is 41.4 Å². The van der Waals surface area contributed by atoms with Crippen LogP contribution in [0.3, 0.4) is 0 Å². The van der Waals surface area contributed by atoms with Crippen LogP contribution in [-0.2, 0) is 21.9 Å². The largest absolute Gasteiger partial charge is 0.342 e. The van der Waals surface area contributed by atoms with Crippen LogP contribution in [-0.4, -0.2) is 41.3 Å². The standard InChI is InChI=1S/C25H29FN4O3S/c1-17-4-9-22(18(2)16-17)34(32,33)30-13-10-20(11-14-30)25(31)28-23(24-27-12-15-29(24)3)19-5-7-21(26)8-6-19/h4-9,12,15-16,20,23H,10-11,13-14H2,1-3H3,(H,28,31)/t23-/m1/s1. The zero-order chi connectivity index (χ0) is 24.5. The molecule has 2 aromatic carbocycles. The number of nitrogens with one attached hydrogen (secondary N) is 1. The third-order valence-corrected chi connectivity index (χ3v) is 8.44. The van der Waals surface area contributed by atoms with Gasteiger partial charge < -0.3 is 9.88 Å². The minimum Gasteiger partial charge on any atom is -0.342 e. The predicted molar refractivity (Wildman–Crippen MR) is 127 cm³/mol. The molecule has 0 saturated carbocycles. The highest BCUT2D eigenvalue weighted by Crippen LogP contribution is 2.28. The van der Waals surface area contributed by atoms with Crippen LogP contribution in [0.25, 0.3) is 0 Å². The van der Waals surface area contributed by atoms with E-state index in [1.807, 2.05) is 24.6 Å². The minimum atomic E-state index is -3.62. The highest BCUT2D eigenvalue weighted by atomic mass is 32.2. The third-order valence-electron chi connectivity index (χ3n) is 6.38. The van der Waals surface area contributed by atoms with Crippen molar-refractivity contribution in [3.8, 4) is 0 Å². The zero-order valence-electron chi connectivity index (χ0n) is 19.5. The molecule has 0 unspecified atom stereocenters. The molecule has 1 atom stereocenters. The van der Waals surface area contributed by atoms with Gasteiger partial charge in [0.05, 0.1) is 4.90 Å². The molecule has 1 amide bonds. The van der Waals surface area contributed by atoms with E-state index in [9.17, 15) is 17.6 Å². The lowest BCUT2D eigenvalue weighted by Gasteiger charge is -2.32. The molecule has 1 fully saturated rings. The maximum Gasteiger partial charge on any atom is 0.243 e. The Balaban J connectivity index is 1.47. The summed E-state index contributed by atoms with van der Waals surface area (Å²) in [5, 5.41) is 3.05. The SMILES string of the molecule is Cc1ccc(S(=O)(=O)N2CCC(C(=O)N[C@H](c3ccc(F)cc3)c3nccn3C)CC2)c(C)c1. The Bertz CT molecular complexity index is 1280. The van der Waals surface area contributed by atoms with E-state index in [0.29, 0.717) is 23.6 Å². The van der Waals surface area contributed by atoms with Gasteiger partial charge in [0.25, 0.3) is 0 Å². The molecular formula is C25H29FN4O3S. The van der Waals surface area contributed by atoms with E-state index in [1.165, 1.54) is 16.4 Å². The average molecular weight is 485 g/mol. The number of benzene rings is 2. The number of hydrogen-bond donors (Lipinski definition) is 1. The molecule has 0 aliphatic carbocycles. The number of nitrogens with zero attached hydrogens (tertiary/aromatic N) is 3. The van der Waals surface area contributed by atoms with Gasteiger partial charge in [0, 0.05) is 38.4 Å². The van der Waals surface area contributed by atoms with Gasteiger partial charge in [-0.1, -0.05) is 29.8 Å². The first kappa shape index (κ1) is 24.1. The number of piperidine rings is 1. The Kier molecular flexibility index (Phi) is 6.86. The van der Waals surface area contributed by atoms with Crippen molar-refractivity contribution in [1.29, 1.82) is 0 Å². The second kappa shape index (κ2) is 9.68. The number of aromatic nitrogens is 2. The smallest absolute Gasteiger partial charge is 0.243 e. The zero-order valence-corrected chi connectivity index (χ0v) is 20.3. The lowest BCUT2D eigenvalue weighted by molar-refractivity contribution is -0.126. The Morgan fingerprint density at radius 2 is 1.79 bits per heavy atom. The van der Waals surface area contributed by atoms with E-state index in [2.05, 4.69) is 10.3 Å². The van der Waals surface area contributed by atoms with Crippen LogP contribution < -0.4 is 5.32 Å². The molecule has 0 radical (unpaired) electrons. The van der Waals surface area contributed by atoms with E-state index in [-0.39, 0.29) is 30.7 Å². The van der Waals surface area contributed by atoms with Crippen molar-refractivity contribution in [1.82, 2.24) is 19.2 Å². The summed E-state index contributed by atoms with van der Waals surface area (Å²) in [6, 6.07) is 10.8. The number of aryl methyl sites for hydroxylation is 3. The highest BCUT2D eigenvalue weighted by Gasteiger charge is 2.34. The monoisotopic (exact) mass is 484 g/mol. The number of rotatable bonds is 6. The second-order valence-electron chi connectivity index (χ2n) is 8.84. The quantitative estimate of drug-likeness (QED) is 0.581. The minimum absolute atomic E-state index is 0.166. The fraction of sp³-hybridized carbons (Fsp3) is 0.360. The average Bonchev–Trinajstić information content (AvgIpc) is 3.23. The molecule has 1 aliphatic heterocycles. The molecule has 9 heteroatoms. The molecule has 34 heavy (non-hydrogen) atoms. The van der Waals surface area contributed by atoms with Gasteiger partial charge in [0.1, 0.15) is 17.7 Å². The molecule has 4 rings (SSSR count). The molecule has 1 N–H and O–H groups in total. The van der Waals surface area contributed by atoms with Gasteiger partial charge in [-0.05, 0) is 56.0 Å². The second-order valence-corrected chi connectivity index (χ2v) is 10.7. The fourth-order valence-electron chi connectivity index (χ4n) is 4.45. The lowest BCUT2D eigenvalue weighted by atomic mass is 9.96. The maximum absolute atomic E-state index is 13.5. The van der Waals surface area contributed by atoms with E-state index in [0.717, 1.165) is 16.7 Å². The topological polar surface area (TPSA) is 84.3 Å². The molecule has 1 saturated heterocycles. The van der Waals surface area contributed by atoms with Crippen molar-refractivity contribution in [2.45, 2.75) is 37.6 Å². The summed E-state index contributed by atoms with van der Waals surface area (Å²) >= 11 is 0. The van der Waals surface area contributed by atoms with Gasteiger partial charge in [-0.15, -0.1) is 0 Å². The van der Waals surface area contributed by atoms with Gasteiger partial charge in [-0.2, -0.15) is 4.31 Å². The molecule has 7 nitrogen and oxygen atoms in total. The van der Waals surface area contributed by atoms with Crippen molar-refractivity contribution in [3.05, 3.63) is 83.2 Å². The van der Waals surface area contributed by atoms with Crippen LogP contribution >= 0.6 is 0 Å². The van der Waals surface area contributed by atoms with Crippen molar-refractivity contribution in [2.24, 2.45) is 13.0 Å². The fourth-order valence-corrected chi connectivity index (χ4v) is 6.13. The first-order valence-corrected chi connectivity index (χ1v) is 12.7. The summed E-state index contributed by atoms with van der Waals surface area (Å²) in [6.07, 6.45) is 4.28. The maximum atomic E-state index is 13.5. The van der Waals surface area contributed by atoms with Crippen LogP contribution in [0, 0.1) is 25.6 Å². The highest BCUT2D eigenvalue weighted by molar-refractivity contribution is 7.89. The molecule has 0 spiro atoms. The summed E-state index contributed by atoms with van der Waals surface area (Å²) in [5.41, 5.74) is 2.45. The summed E-state index contributed by atoms with van der Waals surface area (Å²) in [7, 11) is -1.78. The third kappa shape index (κ3) is 4.90. The number of halogens is 1. The molecule has 180 valence electrons. The molecule has 2 heterocycles. The number of carbonyl (C=O) groups excluding carboxylic acids is 1. The van der Waals surface area contributed by atoms with Crippen LogP contribution in [0.2, 0.25) is 0 Å². The Morgan fingerprint density at radius 3 is 2.38 bits per heavy atom. The summed E-state index contributed by atoms with van der Waals surface area (Å²) in [6.45, 7) is 4.28. The summed E-state index contributed by atoms with van der Waals surface area (Å²) in [4.78, 5) is 17.9. The summed E-state index contributed by atoms with van der Waals surface area (Å²) in [5.74, 6) is -0.212. The molecule has 3 aromatic rings. The van der Waals surface area contributed by atoms with Crippen molar-refractivity contribution < 1.29 is 17.6 Å². The Morgan fingerprint density at radius 1 is 1.12 bits per heavy atom. The normalized spacial score (nSPS) is 16.4. The molecule has 1 aromatic heterocycles. The van der Waals surface area contributed by atoms with Gasteiger partial charge in [0.15, 0.2) is 0 Å². The van der Waals surface area contributed by atoms with Crippen LogP contribution in [0.4, 0.5) is 4.39 Å². The summed E-state index contributed by atoms with van der Waals surface area (Å²) < 4.78 is 43.1. The number of sulfonamides is 1. The van der Waals surface area contributed by atoms with E-state index >= 15 is 0 Å². The van der Waals surface area contributed by atoms with Gasteiger partial charge in [-0.3, -0.25) is 4.79 Å². The Hall–Kier alpha value is -3.04. The van der Waals surface area contributed by atoms with Crippen molar-refractivity contribution in [2.75, 3.05) is 13.1 Å². The molecule has 0 bridgehead atoms. The number of imidazole rings is 1. The predicted octanol–water partition coefficient (Wildman–Crippen LogP) is 3.48. The van der Waals surface area contributed by atoms with E-state index < -0.39 is 16.1 Å². The Labute approximate surface area is 199 Å². The first-order chi connectivity index (χ1) is 16.2. The number of hydrogen-bond acceptors (Lipinski definition) is 4.